The molecule has 2 aliphatic rings. The highest BCUT2D eigenvalue weighted by Crippen LogP contribution is 2.66. The first kappa shape index (κ1) is 34.8. The summed E-state index contributed by atoms with van der Waals surface area (Å²) in [7, 11) is 0. The van der Waals surface area contributed by atoms with Crippen LogP contribution in [0.25, 0.3) is 76.8 Å². The number of nitrogens with zero attached hydrogens (tertiary/aromatic N) is 1. The van der Waals surface area contributed by atoms with E-state index in [9.17, 15) is 0 Å². The average molecular weight is 786 g/mol. The van der Waals surface area contributed by atoms with Gasteiger partial charge in [-0.25, -0.2) is 0 Å². The number of para-hydroxylation sites is 1. The van der Waals surface area contributed by atoms with Crippen molar-refractivity contribution in [3.8, 4) is 44.5 Å². The second-order valence-corrected chi connectivity index (χ2v) is 16.7. The van der Waals surface area contributed by atoms with Gasteiger partial charge in [0.1, 0.15) is 0 Å². The lowest BCUT2D eigenvalue weighted by Crippen LogP contribution is -2.28. The van der Waals surface area contributed by atoms with Crippen molar-refractivity contribution in [2.45, 2.75) is 5.41 Å². The first-order valence-electron chi connectivity index (χ1n) is 21.6. The van der Waals surface area contributed by atoms with E-state index in [0.717, 1.165) is 17.1 Å². The van der Waals surface area contributed by atoms with E-state index >= 15 is 0 Å². The molecule has 0 saturated heterocycles. The van der Waals surface area contributed by atoms with Crippen molar-refractivity contribution in [3.63, 3.8) is 0 Å². The minimum absolute atomic E-state index is 0.553. The Hall–Kier alpha value is -8.00. The lowest BCUT2D eigenvalue weighted by Gasteiger charge is -2.37. The van der Waals surface area contributed by atoms with Crippen LogP contribution in [-0.4, -0.2) is 0 Å². The van der Waals surface area contributed by atoms with Crippen LogP contribution in [-0.2, 0) is 5.41 Å². The maximum Gasteiger partial charge on any atom is 0.0746 e. The van der Waals surface area contributed by atoms with Crippen LogP contribution in [0.4, 0.5) is 17.1 Å². The molecule has 0 heterocycles. The maximum absolute atomic E-state index is 2.62. The van der Waals surface area contributed by atoms with Crippen LogP contribution < -0.4 is 4.90 Å². The van der Waals surface area contributed by atoms with Gasteiger partial charge in [0, 0.05) is 22.4 Å². The number of hydrogen-bond donors (Lipinski definition) is 0. The first-order valence-corrected chi connectivity index (χ1v) is 21.6. The Balaban J connectivity index is 1.21. The maximum atomic E-state index is 2.62. The third-order valence-electron chi connectivity index (χ3n) is 13.6. The smallest absolute Gasteiger partial charge is 0.0746 e. The van der Waals surface area contributed by atoms with Crippen molar-refractivity contribution in [1.82, 2.24) is 0 Å². The Labute approximate surface area is 361 Å². The minimum Gasteiger partial charge on any atom is -0.309 e. The minimum atomic E-state index is -0.553. The lowest BCUT2D eigenvalue weighted by atomic mass is 9.70. The van der Waals surface area contributed by atoms with Gasteiger partial charge in [0.2, 0.25) is 0 Å². The molecule has 288 valence electrons. The highest BCUT2D eigenvalue weighted by atomic mass is 15.2. The molecule has 0 saturated carbocycles. The fourth-order valence-corrected chi connectivity index (χ4v) is 11.2. The third kappa shape index (κ3) is 4.79. The Morgan fingerprint density at radius 3 is 1.19 bits per heavy atom. The molecule has 0 aliphatic heterocycles. The number of hydrogen-bond acceptors (Lipinski definition) is 1. The fraction of sp³-hybridized carbons (Fsp3) is 0.0164. The number of fused-ring (bicyclic) bond motifs is 16. The third-order valence-corrected chi connectivity index (χ3v) is 13.6. The molecule has 1 heteroatoms. The molecule has 13 rings (SSSR count). The van der Waals surface area contributed by atoms with E-state index in [-0.39, 0.29) is 0 Å². The topological polar surface area (TPSA) is 3.24 Å². The van der Waals surface area contributed by atoms with E-state index in [2.05, 4.69) is 241 Å². The summed E-state index contributed by atoms with van der Waals surface area (Å²) in [6.45, 7) is 0. The quantitative estimate of drug-likeness (QED) is 0.157. The average Bonchev–Trinajstić information content (AvgIpc) is 3.83. The molecule has 1 nitrogen and oxygen atoms in total. The van der Waals surface area contributed by atoms with Gasteiger partial charge in [-0.2, -0.15) is 0 Å². The molecule has 0 unspecified atom stereocenters. The van der Waals surface area contributed by atoms with Crippen LogP contribution in [0.15, 0.2) is 237 Å². The van der Waals surface area contributed by atoms with Crippen molar-refractivity contribution in [2.24, 2.45) is 0 Å². The monoisotopic (exact) mass is 785 g/mol. The summed E-state index contributed by atoms with van der Waals surface area (Å²) >= 11 is 0. The molecule has 0 amide bonds. The van der Waals surface area contributed by atoms with Gasteiger partial charge in [0.25, 0.3) is 0 Å². The van der Waals surface area contributed by atoms with E-state index in [1.54, 1.807) is 0 Å². The molecule has 1 spiro atoms. The lowest BCUT2D eigenvalue weighted by molar-refractivity contribution is 0.793. The van der Waals surface area contributed by atoms with Crippen LogP contribution in [0.1, 0.15) is 22.3 Å². The van der Waals surface area contributed by atoms with Crippen LogP contribution in [0.2, 0.25) is 0 Å². The van der Waals surface area contributed by atoms with Crippen LogP contribution in [0.5, 0.6) is 0 Å². The number of anilines is 3. The van der Waals surface area contributed by atoms with Gasteiger partial charge in [-0.15, -0.1) is 0 Å². The predicted molar refractivity (Wildman–Crippen MR) is 261 cm³/mol. The van der Waals surface area contributed by atoms with E-state index < -0.39 is 5.41 Å². The van der Waals surface area contributed by atoms with Crippen LogP contribution in [0.3, 0.4) is 0 Å². The van der Waals surface area contributed by atoms with E-state index in [1.807, 2.05) is 0 Å². The summed E-state index contributed by atoms with van der Waals surface area (Å²) in [5, 5.41) is 7.56. The zero-order valence-electron chi connectivity index (χ0n) is 34.0. The van der Waals surface area contributed by atoms with Crippen molar-refractivity contribution in [2.75, 3.05) is 4.90 Å². The molecule has 11 aromatic rings. The molecule has 2 aliphatic carbocycles. The van der Waals surface area contributed by atoms with Crippen LogP contribution in [0, 0.1) is 0 Å². The van der Waals surface area contributed by atoms with Gasteiger partial charge >= 0.3 is 0 Å². The fourth-order valence-electron chi connectivity index (χ4n) is 11.2. The molecule has 0 aromatic heterocycles. The van der Waals surface area contributed by atoms with E-state index in [0.29, 0.717) is 0 Å². The van der Waals surface area contributed by atoms with Crippen molar-refractivity contribution in [3.05, 3.63) is 259 Å². The van der Waals surface area contributed by atoms with Gasteiger partial charge in [0.15, 0.2) is 0 Å². The van der Waals surface area contributed by atoms with Crippen molar-refractivity contribution < 1.29 is 0 Å². The molecular formula is C61H39N. The van der Waals surface area contributed by atoms with Gasteiger partial charge in [-0.05, 0) is 101 Å². The largest absolute Gasteiger partial charge is 0.309 e. The molecular weight excluding hydrogens is 747 g/mol. The Kier molecular flexibility index (Phi) is 7.59. The number of rotatable bonds is 5. The predicted octanol–water partition coefficient (Wildman–Crippen LogP) is 16.3. The molecule has 11 aromatic carbocycles. The summed E-state index contributed by atoms with van der Waals surface area (Å²) in [4.78, 5) is 2.62. The Bertz CT molecular complexity index is 3430. The summed E-state index contributed by atoms with van der Waals surface area (Å²) in [6.07, 6.45) is 0. The van der Waals surface area contributed by atoms with E-state index in [1.165, 1.54) is 99.1 Å². The van der Waals surface area contributed by atoms with Gasteiger partial charge in [0.05, 0.1) is 16.8 Å². The molecule has 0 atom stereocenters. The summed E-state index contributed by atoms with van der Waals surface area (Å²) in [5.74, 6) is 0. The van der Waals surface area contributed by atoms with E-state index in [4.69, 9.17) is 0 Å². The van der Waals surface area contributed by atoms with Crippen molar-refractivity contribution >= 4 is 49.4 Å². The highest BCUT2D eigenvalue weighted by Gasteiger charge is 2.53. The molecule has 62 heavy (non-hydrogen) atoms. The zero-order valence-corrected chi connectivity index (χ0v) is 34.0. The standard InChI is InChI=1S/C61H39N/c1-3-19-40(20-4-1)43-30-17-31-44(41-21-5-2-6-22-41)60(43)62(42-37-38-49-47-25-8-7-23-45(47)46-24-9-10-26-48(46)54(49)39-42)58-36-18-32-53-52-29-13-16-35-57(52)61(59(53)58)55-33-14-11-27-50(55)51-28-12-15-34-56(51)61/h1-39H. The summed E-state index contributed by atoms with van der Waals surface area (Å²) < 4.78 is 0. The molecule has 0 N–H and O–H groups in total. The van der Waals surface area contributed by atoms with Gasteiger partial charge < -0.3 is 4.90 Å². The summed E-state index contributed by atoms with van der Waals surface area (Å²) in [6, 6.07) is 88.1. The Morgan fingerprint density at radius 2 is 0.661 bits per heavy atom. The molecule has 0 bridgehead atoms. The van der Waals surface area contributed by atoms with Gasteiger partial charge in [-0.1, -0.05) is 218 Å². The zero-order chi connectivity index (χ0) is 40.8. The highest BCUT2D eigenvalue weighted by molar-refractivity contribution is 6.26. The van der Waals surface area contributed by atoms with Crippen molar-refractivity contribution in [1.29, 1.82) is 0 Å². The number of benzene rings is 11. The second kappa shape index (κ2) is 13.5. The normalized spacial score (nSPS) is 13.0. The first-order chi connectivity index (χ1) is 30.8. The summed E-state index contributed by atoms with van der Waals surface area (Å²) in [5.41, 5.74) is 18.0. The second-order valence-electron chi connectivity index (χ2n) is 16.7. The molecule has 0 radical (unpaired) electrons. The van der Waals surface area contributed by atoms with Crippen LogP contribution >= 0.6 is 0 Å². The van der Waals surface area contributed by atoms with Gasteiger partial charge in [-0.3, -0.25) is 0 Å². The Morgan fingerprint density at radius 1 is 0.274 bits per heavy atom. The SMILES string of the molecule is c1ccc(-c2cccc(-c3ccccc3)c2N(c2ccc3c4ccccc4c4ccccc4c3c2)c2cccc3c2C2(c4ccccc4-c4ccccc42)c2ccccc2-3)cc1. The molecule has 0 fully saturated rings.